The second-order valence-electron chi connectivity index (χ2n) is 4.63. The molecule has 0 radical (unpaired) electrons. The molecule has 0 heterocycles. The van der Waals surface area contributed by atoms with Gasteiger partial charge in [0.05, 0.1) is 20.1 Å². The summed E-state index contributed by atoms with van der Waals surface area (Å²) in [4.78, 5) is 11.6. The van der Waals surface area contributed by atoms with Crippen LogP contribution in [0.25, 0.3) is 0 Å². The molecule has 0 N–H and O–H groups in total. The first-order chi connectivity index (χ1) is 8.76. The van der Waals surface area contributed by atoms with E-state index >= 15 is 0 Å². The Labute approximate surface area is 108 Å². The summed E-state index contributed by atoms with van der Waals surface area (Å²) in [6.07, 6.45) is 3.68. The van der Waals surface area contributed by atoms with Crippen LogP contribution in [0.2, 0.25) is 0 Å². The van der Waals surface area contributed by atoms with Crippen molar-refractivity contribution >= 4 is 5.97 Å². The SMILES string of the molecule is CCOC(=O)C[C@@H]1CCCc2c(OC)cccc21. The van der Waals surface area contributed by atoms with Gasteiger partial charge in [0, 0.05) is 0 Å². The third kappa shape index (κ3) is 2.66. The van der Waals surface area contributed by atoms with Crippen LogP contribution in [0.3, 0.4) is 0 Å². The summed E-state index contributed by atoms with van der Waals surface area (Å²) in [6, 6.07) is 6.10. The van der Waals surface area contributed by atoms with Gasteiger partial charge in [-0.15, -0.1) is 0 Å². The Kier molecular flexibility index (Phi) is 4.24. The lowest BCUT2D eigenvalue weighted by molar-refractivity contribution is -0.143. The van der Waals surface area contributed by atoms with Gasteiger partial charge >= 0.3 is 5.97 Å². The van der Waals surface area contributed by atoms with E-state index in [-0.39, 0.29) is 11.9 Å². The predicted octanol–water partition coefficient (Wildman–Crippen LogP) is 3.07. The quantitative estimate of drug-likeness (QED) is 0.768. The number of hydrogen-bond donors (Lipinski definition) is 0. The van der Waals surface area contributed by atoms with Crippen LogP contribution >= 0.6 is 0 Å². The lowest BCUT2D eigenvalue weighted by atomic mass is 9.80. The van der Waals surface area contributed by atoms with Gasteiger partial charge in [-0.3, -0.25) is 4.79 Å². The summed E-state index contributed by atoms with van der Waals surface area (Å²) in [5.41, 5.74) is 2.52. The fourth-order valence-corrected chi connectivity index (χ4v) is 2.74. The average molecular weight is 248 g/mol. The molecule has 98 valence electrons. The standard InChI is InChI=1S/C15H20O3/c1-3-18-15(16)10-11-6-4-8-13-12(11)7-5-9-14(13)17-2/h5,7,9,11H,3-4,6,8,10H2,1-2H3/t11-/m0/s1. The number of hydrogen-bond acceptors (Lipinski definition) is 3. The van der Waals surface area contributed by atoms with E-state index in [4.69, 9.17) is 9.47 Å². The molecular weight excluding hydrogens is 228 g/mol. The van der Waals surface area contributed by atoms with Crippen LogP contribution in [0.5, 0.6) is 5.75 Å². The van der Waals surface area contributed by atoms with E-state index in [0.717, 1.165) is 25.0 Å². The third-order valence-corrected chi connectivity index (χ3v) is 3.53. The molecule has 0 bridgehead atoms. The molecule has 1 aliphatic rings. The molecule has 0 amide bonds. The first kappa shape index (κ1) is 12.9. The van der Waals surface area contributed by atoms with Gasteiger partial charge in [0.2, 0.25) is 0 Å². The van der Waals surface area contributed by atoms with Crippen LogP contribution in [0.15, 0.2) is 18.2 Å². The summed E-state index contributed by atoms with van der Waals surface area (Å²) in [6.45, 7) is 2.30. The first-order valence-corrected chi connectivity index (χ1v) is 6.57. The van der Waals surface area contributed by atoms with Crippen LogP contribution in [0.1, 0.15) is 43.2 Å². The maximum atomic E-state index is 11.6. The van der Waals surface area contributed by atoms with Crippen LogP contribution in [-0.4, -0.2) is 19.7 Å². The molecule has 0 spiro atoms. The van der Waals surface area contributed by atoms with Gasteiger partial charge in [-0.25, -0.2) is 0 Å². The molecule has 0 unspecified atom stereocenters. The van der Waals surface area contributed by atoms with E-state index in [2.05, 4.69) is 6.07 Å². The van der Waals surface area contributed by atoms with Crippen LogP contribution in [0, 0.1) is 0 Å². The molecule has 3 heteroatoms. The molecule has 18 heavy (non-hydrogen) atoms. The smallest absolute Gasteiger partial charge is 0.306 e. The van der Waals surface area contributed by atoms with Crippen LogP contribution in [-0.2, 0) is 16.0 Å². The second-order valence-corrected chi connectivity index (χ2v) is 4.63. The highest BCUT2D eigenvalue weighted by molar-refractivity contribution is 5.71. The number of methoxy groups -OCH3 is 1. The lowest BCUT2D eigenvalue weighted by Crippen LogP contribution is -2.16. The summed E-state index contributed by atoms with van der Waals surface area (Å²) in [5, 5.41) is 0. The molecule has 0 aromatic heterocycles. The molecule has 1 aliphatic carbocycles. The Morgan fingerprint density at radius 3 is 3.00 bits per heavy atom. The van der Waals surface area contributed by atoms with Crippen molar-refractivity contribution in [3.8, 4) is 5.75 Å². The van der Waals surface area contributed by atoms with E-state index in [1.54, 1.807) is 7.11 Å². The topological polar surface area (TPSA) is 35.5 Å². The Morgan fingerprint density at radius 2 is 2.28 bits per heavy atom. The lowest BCUT2D eigenvalue weighted by Gasteiger charge is -2.26. The van der Waals surface area contributed by atoms with Crippen LogP contribution < -0.4 is 4.74 Å². The monoisotopic (exact) mass is 248 g/mol. The van der Waals surface area contributed by atoms with Crippen molar-refractivity contribution in [3.05, 3.63) is 29.3 Å². The molecule has 0 aliphatic heterocycles. The summed E-state index contributed by atoms with van der Waals surface area (Å²) < 4.78 is 10.4. The molecule has 1 aromatic rings. The first-order valence-electron chi connectivity index (χ1n) is 6.57. The zero-order valence-electron chi connectivity index (χ0n) is 11.1. The summed E-state index contributed by atoms with van der Waals surface area (Å²) in [7, 11) is 1.70. The maximum absolute atomic E-state index is 11.6. The number of carbonyl (C=O) groups excluding carboxylic acids is 1. The fraction of sp³-hybridized carbons (Fsp3) is 0.533. The van der Waals surface area contributed by atoms with Gasteiger partial charge in [-0.2, -0.15) is 0 Å². The molecule has 1 aromatic carbocycles. The van der Waals surface area contributed by atoms with Gasteiger partial charge in [0.15, 0.2) is 0 Å². The van der Waals surface area contributed by atoms with Gasteiger partial charge in [-0.1, -0.05) is 12.1 Å². The van der Waals surface area contributed by atoms with Crippen molar-refractivity contribution in [2.75, 3.05) is 13.7 Å². The highest BCUT2D eigenvalue weighted by Gasteiger charge is 2.25. The largest absolute Gasteiger partial charge is 0.496 e. The van der Waals surface area contributed by atoms with Crippen molar-refractivity contribution in [1.29, 1.82) is 0 Å². The molecule has 2 rings (SSSR count). The minimum absolute atomic E-state index is 0.0989. The highest BCUT2D eigenvalue weighted by Crippen LogP contribution is 2.38. The highest BCUT2D eigenvalue weighted by atomic mass is 16.5. The van der Waals surface area contributed by atoms with Crippen molar-refractivity contribution in [1.82, 2.24) is 0 Å². The van der Waals surface area contributed by atoms with Gasteiger partial charge in [0.25, 0.3) is 0 Å². The second kappa shape index (κ2) is 5.89. The van der Waals surface area contributed by atoms with Crippen molar-refractivity contribution in [2.45, 2.75) is 38.5 Å². The fourth-order valence-electron chi connectivity index (χ4n) is 2.74. The minimum atomic E-state index is -0.0989. The van der Waals surface area contributed by atoms with Crippen molar-refractivity contribution < 1.29 is 14.3 Å². The summed E-state index contributed by atoms with van der Waals surface area (Å²) >= 11 is 0. The predicted molar refractivity (Wildman–Crippen MR) is 69.9 cm³/mol. The molecular formula is C15H20O3. The van der Waals surface area contributed by atoms with Gasteiger partial charge in [0.1, 0.15) is 5.75 Å². The Balaban J connectivity index is 2.20. The number of ether oxygens (including phenoxy) is 2. The van der Waals surface area contributed by atoms with E-state index in [0.29, 0.717) is 13.0 Å². The number of benzene rings is 1. The zero-order valence-corrected chi connectivity index (χ0v) is 11.1. The van der Waals surface area contributed by atoms with Crippen molar-refractivity contribution in [3.63, 3.8) is 0 Å². The molecule has 0 fully saturated rings. The van der Waals surface area contributed by atoms with Gasteiger partial charge < -0.3 is 9.47 Å². The van der Waals surface area contributed by atoms with Crippen molar-refractivity contribution in [2.24, 2.45) is 0 Å². The number of fused-ring (bicyclic) bond motifs is 1. The number of carbonyl (C=O) groups is 1. The number of esters is 1. The van der Waals surface area contributed by atoms with E-state index in [1.807, 2.05) is 19.1 Å². The summed E-state index contributed by atoms with van der Waals surface area (Å²) in [5.74, 6) is 1.13. The Bertz CT molecular complexity index is 426. The van der Waals surface area contributed by atoms with Gasteiger partial charge in [-0.05, 0) is 49.3 Å². The molecule has 0 saturated carbocycles. The normalized spacial score (nSPS) is 18.0. The molecule has 1 atom stereocenters. The minimum Gasteiger partial charge on any atom is -0.496 e. The van der Waals surface area contributed by atoms with E-state index in [1.165, 1.54) is 11.1 Å². The Morgan fingerprint density at radius 1 is 1.44 bits per heavy atom. The Hall–Kier alpha value is -1.51. The maximum Gasteiger partial charge on any atom is 0.306 e. The molecule has 0 saturated heterocycles. The molecule has 3 nitrogen and oxygen atoms in total. The van der Waals surface area contributed by atoms with E-state index < -0.39 is 0 Å². The van der Waals surface area contributed by atoms with Crippen LogP contribution in [0.4, 0.5) is 0 Å². The third-order valence-electron chi connectivity index (χ3n) is 3.53. The average Bonchev–Trinajstić information content (AvgIpc) is 2.38. The number of rotatable bonds is 4. The van der Waals surface area contributed by atoms with E-state index in [9.17, 15) is 4.79 Å². The zero-order chi connectivity index (χ0) is 13.0.